The van der Waals surface area contributed by atoms with E-state index >= 15 is 0 Å². The van der Waals surface area contributed by atoms with E-state index in [4.69, 9.17) is 9.17 Å². The van der Waals surface area contributed by atoms with Crippen molar-refractivity contribution in [2.45, 2.75) is 25.7 Å². The Hall–Kier alpha value is -2.91. The fourth-order valence-electron chi connectivity index (χ4n) is 4.23. The summed E-state index contributed by atoms with van der Waals surface area (Å²) in [5.41, 5.74) is 6.48. The summed E-state index contributed by atoms with van der Waals surface area (Å²) < 4.78 is 32.9. The predicted molar refractivity (Wildman–Crippen MR) is 116 cm³/mol. The molecule has 0 bridgehead atoms. The summed E-state index contributed by atoms with van der Waals surface area (Å²) in [5.74, 6) is 0.221. The Morgan fingerprint density at radius 1 is 1.10 bits per heavy atom. The Labute approximate surface area is 182 Å². The van der Waals surface area contributed by atoms with Crippen molar-refractivity contribution in [3.8, 4) is 5.75 Å². The molecule has 1 fully saturated rings. The number of nitrogens with zero attached hydrogens (tertiary/aromatic N) is 2. The van der Waals surface area contributed by atoms with E-state index in [9.17, 15) is 13.2 Å². The van der Waals surface area contributed by atoms with Gasteiger partial charge in [-0.3, -0.25) is 4.98 Å². The number of carbonyl (C=O) groups is 1. The SMILES string of the molecule is CNC(=O)N1CCC(=C2c3ccc(OS(=O)(=O)OC)cc3CCc3cccnc32)CC1. The number of aromatic nitrogens is 1. The van der Waals surface area contributed by atoms with E-state index in [1.54, 1.807) is 25.4 Å². The number of rotatable bonds is 3. The molecule has 1 N–H and O–H groups in total. The topological polar surface area (TPSA) is 97.8 Å². The molecular formula is C22H25N3O5S. The van der Waals surface area contributed by atoms with Crippen LogP contribution in [0, 0.1) is 0 Å². The number of nitrogens with one attached hydrogen (secondary N) is 1. The molecule has 1 aliphatic carbocycles. The fourth-order valence-corrected chi connectivity index (χ4v) is 4.64. The lowest BCUT2D eigenvalue weighted by atomic mass is 9.88. The van der Waals surface area contributed by atoms with Gasteiger partial charge in [0, 0.05) is 31.9 Å². The second kappa shape index (κ2) is 8.68. The van der Waals surface area contributed by atoms with Crippen molar-refractivity contribution in [1.82, 2.24) is 15.2 Å². The van der Waals surface area contributed by atoms with Crippen molar-refractivity contribution >= 4 is 22.0 Å². The number of urea groups is 1. The van der Waals surface area contributed by atoms with E-state index < -0.39 is 10.4 Å². The molecule has 8 nitrogen and oxygen atoms in total. The van der Waals surface area contributed by atoms with Crippen molar-refractivity contribution in [2.24, 2.45) is 0 Å². The maximum atomic E-state index is 12.0. The molecule has 2 aromatic rings. The molecule has 9 heteroatoms. The molecule has 0 saturated carbocycles. The van der Waals surface area contributed by atoms with Gasteiger partial charge in [-0.05, 0) is 60.6 Å². The Morgan fingerprint density at radius 3 is 2.55 bits per heavy atom. The van der Waals surface area contributed by atoms with E-state index in [-0.39, 0.29) is 11.8 Å². The highest BCUT2D eigenvalue weighted by atomic mass is 32.3. The van der Waals surface area contributed by atoms with E-state index in [0.29, 0.717) is 13.1 Å². The highest BCUT2D eigenvalue weighted by Crippen LogP contribution is 2.38. The molecule has 31 heavy (non-hydrogen) atoms. The molecule has 2 heterocycles. The van der Waals surface area contributed by atoms with Gasteiger partial charge < -0.3 is 14.4 Å². The van der Waals surface area contributed by atoms with Gasteiger partial charge in [0.05, 0.1) is 12.8 Å². The molecule has 2 aliphatic rings. The van der Waals surface area contributed by atoms with Gasteiger partial charge in [-0.1, -0.05) is 17.7 Å². The van der Waals surface area contributed by atoms with Gasteiger partial charge in [0.25, 0.3) is 0 Å². The summed E-state index contributed by atoms with van der Waals surface area (Å²) in [4.78, 5) is 18.5. The molecule has 0 radical (unpaired) electrons. The minimum Gasteiger partial charge on any atom is -0.362 e. The lowest BCUT2D eigenvalue weighted by Gasteiger charge is -2.30. The van der Waals surface area contributed by atoms with Crippen LogP contribution in [0.5, 0.6) is 5.75 Å². The summed E-state index contributed by atoms with van der Waals surface area (Å²) in [5, 5.41) is 2.69. The minimum absolute atomic E-state index is 0.0648. The first kappa shape index (κ1) is 21.3. The van der Waals surface area contributed by atoms with Gasteiger partial charge >= 0.3 is 16.4 Å². The maximum absolute atomic E-state index is 12.0. The van der Waals surface area contributed by atoms with Crippen LogP contribution < -0.4 is 9.50 Å². The zero-order valence-corrected chi connectivity index (χ0v) is 18.4. The van der Waals surface area contributed by atoms with Crippen LogP contribution in [0.3, 0.4) is 0 Å². The fraction of sp³-hybridized carbons (Fsp3) is 0.364. The Morgan fingerprint density at radius 2 is 1.84 bits per heavy atom. The Balaban J connectivity index is 1.77. The highest BCUT2D eigenvalue weighted by molar-refractivity contribution is 7.82. The molecule has 1 aliphatic heterocycles. The molecule has 0 spiro atoms. The van der Waals surface area contributed by atoms with Crippen LogP contribution in [-0.4, -0.2) is 51.6 Å². The minimum atomic E-state index is -4.08. The summed E-state index contributed by atoms with van der Waals surface area (Å²) in [6, 6.07) is 9.26. The number of likely N-dealkylation sites (tertiary alicyclic amines) is 1. The quantitative estimate of drug-likeness (QED) is 0.783. The summed E-state index contributed by atoms with van der Waals surface area (Å²) >= 11 is 0. The molecule has 0 atom stereocenters. The van der Waals surface area contributed by atoms with Gasteiger partial charge in [-0.25, -0.2) is 8.98 Å². The number of fused-ring (bicyclic) bond motifs is 2. The van der Waals surface area contributed by atoms with Crippen molar-refractivity contribution in [2.75, 3.05) is 27.2 Å². The van der Waals surface area contributed by atoms with Crippen LogP contribution in [0.4, 0.5) is 4.79 Å². The monoisotopic (exact) mass is 443 g/mol. The first-order valence-electron chi connectivity index (χ1n) is 10.2. The summed E-state index contributed by atoms with van der Waals surface area (Å²) in [7, 11) is -1.38. The lowest BCUT2D eigenvalue weighted by molar-refractivity contribution is 0.196. The Bertz CT molecular complexity index is 1130. The van der Waals surface area contributed by atoms with Gasteiger partial charge in [0.1, 0.15) is 5.75 Å². The van der Waals surface area contributed by atoms with Crippen molar-refractivity contribution in [3.05, 3.63) is 64.5 Å². The van der Waals surface area contributed by atoms with E-state index in [0.717, 1.165) is 60.8 Å². The number of hydrogen-bond donors (Lipinski definition) is 1. The number of aryl methyl sites for hydroxylation is 2. The summed E-state index contributed by atoms with van der Waals surface area (Å²) in [6.07, 6.45) is 4.84. The standard InChI is InChI=1S/C22H25N3O5S/c1-23-22(26)25-12-9-15(10-13-25)20-19-8-7-18(30-31(27,28)29-2)14-17(19)6-5-16-4-3-11-24-21(16)20/h3-4,7-8,11,14H,5-6,9-10,12-13H2,1-2H3,(H,23,26). The van der Waals surface area contributed by atoms with E-state index in [1.165, 1.54) is 5.57 Å². The van der Waals surface area contributed by atoms with Crippen LogP contribution >= 0.6 is 0 Å². The average Bonchev–Trinajstić information content (AvgIpc) is 2.95. The third kappa shape index (κ3) is 4.42. The van der Waals surface area contributed by atoms with Gasteiger partial charge in [0.2, 0.25) is 0 Å². The van der Waals surface area contributed by atoms with Crippen molar-refractivity contribution < 1.29 is 21.6 Å². The van der Waals surface area contributed by atoms with Crippen LogP contribution in [0.2, 0.25) is 0 Å². The van der Waals surface area contributed by atoms with Gasteiger partial charge in [-0.15, -0.1) is 0 Å². The summed E-state index contributed by atoms with van der Waals surface area (Å²) in [6.45, 7) is 1.28. The first-order valence-corrected chi connectivity index (χ1v) is 11.5. The van der Waals surface area contributed by atoms with E-state index in [2.05, 4.69) is 15.6 Å². The normalized spacial score (nSPS) is 16.3. The zero-order chi connectivity index (χ0) is 22.0. The molecule has 164 valence electrons. The molecule has 1 aromatic heterocycles. The second-order valence-electron chi connectivity index (χ2n) is 7.51. The van der Waals surface area contributed by atoms with Crippen molar-refractivity contribution in [1.29, 1.82) is 0 Å². The predicted octanol–water partition coefficient (Wildman–Crippen LogP) is 2.69. The first-order chi connectivity index (χ1) is 14.9. The van der Waals surface area contributed by atoms with E-state index in [1.807, 2.05) is 17.0 Å². The van der Waals surface area contributed by atoms with Crippen LogP contribution in [0.25, 0.3) is 5.57 Å². The van der Waals surface area contributed by atoms with Crippen LogP contribution in [0.1, 0.15) is 35.2 Å². The molecule has 1 aromatic carbocycles. The molecule has 2 amide bonds. The number of piperidine rings is 1. The number of carbonyl (C=O) groups excluding carboxylic acids is 1. The maximum Gasteiger partial charge on any atom is 0.448 e. The van der Waals surface area contributed by atoms with Gasteiger partial charge in [0.15, 0.2) is 0 Å². The Kier molecular flexibility index (Phi) is 5.97. The number of amides is 2. The third-order valence-electron chi connectivity index (χ3n) is 5.76. The molecule has 0 unspecified atom stereocenters. The number of pyridine rings is 1. The number of hydrogen-bond acceptors (Lipinski definition) is 6. The van der Waals surface area contributed by atoms with Crippen LogP contribution in [-0.2, 0) is 27.4 Å². The highest BCUT2D eigenvalue weighted by Gasteiger charge is 2.26. The number of benzene rings is 1. The lowest BCUT2D eigenvalue weighted by Crippen LogP contribution is -2.41. The largest absolute Gasteiger partial charge is 0.448 e. The average molecular weight is 444 g/mol. The molecular weight excluding hydrogens is 418 g/mol. The van der Waals surface area contributed by atoms with Crippen LogP contribution in [0.15, 0.2) is 42.1 Å². The van der Waals surface area contributed by atoms with Gasteiger partial charge in [-0.2, -0.15) is 8.42 Å². The van der Waals surface area contributed by atoms with Crippen molar-refractivity contribution in [3.63, 3.8) is 0 Å². The molecule has 4 rings (SSSR count). The zero-order valence-electron chi connectivity index (χ0n) is 17.6. The third-order valence-corrected chi connectivity index (χ3v) is 6.57. The second-order valence-corrected chi connectivity index (χ2v) is 8.83. The molecule has 1 saturated heterocycles. The smallest absolute Gasteiger partial charge is 0.362 e.